The number of hydrogen-bond donors (Lipinski definition) is 2. The van der Waals surface area contributed by atoms with Crippen LogP contribution in [0.15, 0.2) is 102 Å². The Bertz CT molecular complexity index is 1760. The molecule has 1 saturated heterocycles. The Morgan fingerprint density at radius 1 is 0.739 bits per heavy atom. The van der Waals surface area contributed by atoms with Gasteiger partial charge in [-0.2, -0.15) is 4.31 Å². The molecule has 1 fully saturated rings. The summed E-state index contributed by atoms with van der Waals surface area (Å²) in [6.07, 6.45) is 0.593. The quantitative estimate of drug-likeness (QED) is 0.235. The van der Waals surface area contributed by atoms with Gasteiger partial charge in [0.1, 0.15) is 0 Å². The Balaban J connectivity index is 1.12. The fourth-order valence-corrected chi connectivity index (χ4v) is 6.77. The molecule has 1 aliphatic rings. The number of amides is 2. The molecule has 0 aromatic heterocycles. The van der Waals surface area contributed by atoms with E-state index in [2.05, 4.69) is 15.5 Å². The van der Waals surface area contributed by atoms with Crippen molar-refractivity contribution in [2.75, 3.05) is 52.3 Å². The number of carbonyl (C=O) groups is 2. The van der Waals surface area contributed by atoms with E-state index in [1.54, 1.807) is 80.9 Å². The summed E-state index contributed by atoms with van der Waals surface area (Å²) < 4.78 is 38.0. The van der Waals surface area contributed by atoms with E-state index in [1.807, 2.05) is 30.3 Å². The highest BCUT2D eigenvalue weighted by molar-refractivity contribution is 7.89. The van der Waals surface area contributed by atoms with Gasteiger partial charge < -0.3 is 20.1 Å². The Morgan fingerprint density at radius 3 is 2.09 bits per heavy atom. The molecule has 0 aliphatic carbocycles. The van der Waals surface area contributed by atoms with Crippen molar-refractivity contribution >= 4 is 27.5 Å². The van der Waals surface area contributed by atoms with Crippen LogP contribution in [-0.4, -0.2) is 76.4 Å². The second kappa shape index (κ2) is 15.0. The third-order valence-corrected chi connectivity index (χ3v) is 9.81. The zero-order chi connectivity index (χ0) is 32.5. The van der Waals surface area contributed by atoms with E-state index in [0.29, 0.717) is 78.9 Å². The van der Waals surface area contributed by atoms with Crippen molar-refractivity contribution in [1.29, 1.82) is 0 Å². The van der Waals surface area contributed by atoms with Gasteiger partial charge in [-0.1, -0.05) is 48.5 Å². The van der Waals surface area contributed by atoms with E-state index in [0.717, 1.165) is 11.1 Å². The largest absolute Gasteiger partial charge is 0.493 e. The van der Waals surface area contributed by atoms with Gasteiger partial charge in [-0.15, -0.1) is 0 Å². The van der Waals surface area contributed by atoms with E-state index < -0.39 is 10.0 Å². The van der Waals surface area contributed by atoms with Crippen molar-refractivity contribution in [3.8, 4) is 11.5 Å². The Morgan fingerprint density at radius 2 is 1.39 bits per heavy atom. The number of para-hydroxylation sites is 1. The van der Waals surface area contributed by atoms with Crippen LogP contribution < -0.4 is 20.1 Å². The first-order chi connectivity index (χ1) is 22.3. The van der Waals surface area contributed by atoms with Crippen LogP contribution in [0.5, 0.6) is 11.5 Å². The van der Waals surface area contributed by atoms with Gasteiger partial charge in [-0.05, 0) is 66.1 Å². The van der Waals surface area contributed by atoms with Crippen LogP contribution in [0, 0.1) is 0 Å². The summed E-state index contributed by atoms with van der Waals surface area (Å²) in [6, 6.07) is 28.3. The highest BCUT2D eigenvalue weighted by Crippen LogP contribution is 2.27. The van der Waals surface area contributed by atoms with Crippen molar-refractivity contribution in [2.24, 2.45) is 0 Å². The van der Waals surface area contributed by atoms with Gasteiger partial charge in [0, 0.05) is 44.8 Å². The minimum atomic E-state index is -3.50. The molecule has 0 spiro atoms. The zero-order valence-corrected chi connectivity index (χ0v) is 26.8. The lowest BCUT2D eigenvalue weighted by atomic mass is 10.1. The minimum Gasteiger partial charge on any atom is -0.493 e. The van der Waals surface area contributed by atoms with Crippen molar-refractivity contribution in [1.82, 2.24) is 14.5 Å². The van der Waals surface area contributed by atoms with Gasteiger partial charge in [0.2, 0.25) is 10.0 Å². The van der Waals surface area contributed by atoms with Crippen LogP contribution in [0.4, 0.5) is 5.69 Å². The average molecular weight is 643 g/mol. The molecular weight excluding hydrogens is 604 g/mol. The van der Waals surface area contributed by atoms with Crippen LogP contribution in [0.25, 0.3) is 0 Å². The lowest BCUT2D eigenvalue weighted by Gasteiger charge is -2.34. The molecule has 5 rings (SSSR count). The fraction of sp³-hybridized carbons (Fsp3) is 0.257. The maximum Gasteiger partial charge on any atom is 0.255 e. The number of rotatable bonds is 12. The van der Waals surface area contributed by atoms with Crippen LogP contribution in [0.1, 0.15) is 31.8 Å². The predicted molar refractivity (Wildman–Crippen MR) is 177 cm³/mol. The number of nitrogens with one attached hydrogen (secondary N) is 2. The summed E-state index contributed by atoms with van der Waals surface area (Å²) >= 11 is 0. The molecule has 240 valence electrons. The fourth-order valence-electron chi connectivity index (χ4n) is 5.33. The average Bonchev–Trinajstić information content (AvgIpc) is 3.09. The van der Waals surface area contributed by atoms with E-state index in [1.165, 1.54) is 4.31 Å². The molecule has 11 heteroatoms. The van der Waals surface area contributed by atoms with Crippen LogP contribution in [-0.2, 0) is 23.0 Å². The lowest BCUT2D eigenvalue weighted by molar-refractivity contribution is 0.0955. The van der Waals surface area contributed by atoms with Gasteiger partial charge in [-0.3, -0.25) is 14.5 Å². The molecule has 1 aliphatic heterocycles. The number of nitrogens with zero attached hydrogens (tertiary/aromatic N) is 2. The summed E-state index contributed by atoms with van der Waals surface area (Å²) in [5, 5.41) is 5.80. The molecule has 2 N–H and O–H groups in total. The van der Waals surface area contributed by atoms with Crippen molar-refractivity contribution in [2.45, 2.75) is 17.9 Å². The van der Waals surface area contributed by atoms with E-state index in [4.69, 9.17) is 9.47 Å². The van der Waals surface area contributed by atoms with E-state index >= 15 is 0 Å². The number of methoxy groups -OCH3 is 2. The maximum absolute atomic E-state index is 13.1. The van der Waals surface area contributed by atoms with Crippen molar-refractivity contribution < 1.29 is 27.5 Å². The summed E-state index contributed by atoms with van der Waals surface area (Å²) in [6.45, 7) is 3.11. The van der Waals surface area contributed by atoms with Crippen molar-refractivity contribution in [3.63, 3.8) is 0 Å². The first kappa shape index (κ1) is 32.7. The van der Waals surface area contributed by atoms with Gasteiger partial charge in [0.15, 0.2) is 11.5 Å². The molecule has 4 aromatic rings. The highest BCUT2D eigenvalue weighted by Gasteiger charge is 2.28. The molecule has 2 amide bonds. The second-order valence-electron chi connectivity index (χ2n) is 10.9. The third-order valence-electron chi connectivity index (χ3n) is 7.90. The number of benzene rings is 4. The molecule has 10 nitrogen and oxygen atoms in total. The first-order valence-corrected chi connectivity index (χ1v) is 16.5. The lowest BCUT2D eigenvalue weighted by Crippen LogP contribution is -2.48. The molecule has 0 saturated carbocycles. The minimum absolute atomic E-state index is 0.289. The van der Waals surface area contributed by atoms with Gasteiger partial charge in [0.05, 0.1) is 30.4 Å². The molecule has 4 aromatic carbocycles. The van der Waals surface area contributed by atoms with Gasteiger partial charge in [0.25, 0.3) is 11.8 Å². The van der Waals surface area contributed by atoms with Crippen molar-refractivity contribution in [3.05, 3.63) is 119 Å². The number of hydrogen-bond acceptors (Lipinski definition) is 7. The van der Waals surface area contributed by atoms with Crippen LogP contribution >= 0.6 is 0 Å². The summed E-state index contributed by atoms with van der Waals surface area (Å²) in [5.74, 6) is 0.657. The van der Waals surface area contributed by atoms with E-state index in [-0.39, 0.29) is 11.8 Å². The Kier molecular flexibility index (Phi) is 10.7. The molecule has 0 bridgehead atoms. The van der Waals surface area contributed by atoms with E-state index in [9.17, 15) is 18.0 Å². The van der Waals surface area contributed by atoms with Crippen LogP contribution in [0.2, 0.25) is 0 Å². The molecule has 0 radical (unpaired) electrons. The number of piperazine rings is 1. The molecule has 1 heterocycles. The summed E-state index contributed by atoms with van der Waals surface area (Å²) in [5.41, 5.74) is 3.26. The number of ether oxygens (including phenoxy) is 2. The predicted octanol–water partition coefficient (Wildman–Crippen LogP) is 4.44. The molecule has 0 atom stereocenters. The summed E-state index contributed by atoms with van der Waals surface area (Å²) in [4.78, 5) is 28.7. The van der Waals surface area contributed by atoms with Gasteiger partial charge in [-0.25, -0.2) is 8.42 Å². The summed E-state index contributed by atoms with van der Waals surface area (Å²) in [7, 11) is -0.338. The standard InChI is InChI=1S/C35H38N4O6S/c1-44-32-17-14-26(24-33(32)45-2)18-19-36-35(41)30-10-6-7-11-31(30)37-34(40)28-15-12-27(13-16-28)25-38-20-22-39(23-21-38)46(42,43)29-8-4-3-5-9-29/h3-17,24H,18-23,25H2,1-2H3,(H,36,41)(H,37,40). The topological polar surface area (TPSA) is 117 Å². The Labute approximate surface area is 270 Å². The normalized spacial score (nSPS) is 14.0. The second-order valence-corrected chi connectivity index (χ2v) is 12.8. The monoisotopic (exact) mass is 642 g/mol. The number of anilines is 1. The van der Waals surface area contributed by atoms with Crippen LogP contribution in [0.3, 0.4) is 0 Å². The SMILES string of the molecule is COc1ccc(CCNC(=O)c2ccccc2NC(=O)c2ccc(CN3CCN(S(=O)(=O)c4ccccc4)CC3)cc2)cc1OC. The zero-order valence-electron chi connectivity index (χ0n) is 25.9. The third kappa shape index (κ3) is 7.92. The smallest absolute Gasteiger partial charge is 0.255 e. The molecule has 0 unspecified atom stereocenters. The maximum atomic E-state index is 13.1. The molecular formula is C35H38N4O6S. The highest BCUT2D eigenvalue weighted by atomic mass is 32.2. The molecule has 46 heavy (non-hydrogen) atoms. The number of sulfonamides is 1. The first-order valence-electron chi connectivity index (χ1n) is 15.0. The Hall–Kier alpha value is -4.71. The van der Waals surface area contributed by atoms with Gasteiger partial charge >= 0.3 is 0 Å². The number of carbonyl (C=O) groups excluding carboxylic acids is 2.